The molecule has 0 unspecified atom stereocenters. The standard InChI is InChI=1S/C15H18FN3O/c16-12-6-4-5-11(9-12)15-19-18-14(20-15)10-17-13-7-2-1-3-8-13/h4-6,9,13,17H,1-3,7-8,10H2. The third kappa shape index (κ3) is 3.22. The third-order valence-electron chi connectivity index (χ3n) is 3.69. The molecule has 106 valence electrons. The van der Waals surface area contributed by atoms with Crippen LogP contribution in [0.2, 0.25) is 0 Å². The van der Waals surface area contributed by atoms with Crippen LogP contribution in [0, 0.1) is 5.82 Å². The fourth-order valence-corrected chi connectivity index (χ4v) is 2.60. The van der Waals surface area contributed by atoms with Crippen molar-refractivity contribution in [2.75, 3.05) is 0 Å². The number of benzene rings is 1. The average molecular weight is 275 g/mol. The molecule has 20 heavy (non-hydrogen) atoms. The van der Waals surface area contributed by atoms with E-state index in [-0.39, 0.29) is 5.82 Å². The minimum Gasteiger partial charge on any atom is -0.419 e. The molecule has 0 spiro atoms. The number of nitrogens with one attached hydrogen (secondary N) is 1. The number of rotatable bonds is 4. The molecule has 5 heteroatoms. The minimum absolute atomic E-state index is 0.303. The number of aromatic nitrogens is 2. The van der Waals surface area contributed by atoms with Crippen LogP contribution < -0.4 is 5.32 Å². The van der Waals surface area contributed by atoms with Crippen LogP contribution in [0.3, 0.4) is 0 Å². The van der Waals surface area contributed by atoms with Gasteiger partial charge < -0.3 is 9.73 Å². The molecule has 1 aromatic carbocycles. The van der Waals surface area contributed by atoms with E-state index < -0.39 is 0 Å². The monoisotopic (exact) mass is 275 g/mol. The van der Waals surface area contributed by atoms with E-state index in [1.54, 1.807) is 12.1 Å². The maximum absolute atomic E-state index is 13.1. The zero-order valence-electron chi connectivity index (χ0n) is 11.3. The van der Waals surface area contributed by atoms with E-state index in [0.29, 0.717) is 29.9 Å². The van der Waals surface area contributed by atoms with Crippen LogP contribution in [-0.2, 0) is 6.54 Å². The molecule has 1 aliphatic carbocycles. The van der Waals surface area contributed by atoms with Crippen molar-refractivity contribution in [1.82, 2.24) is 15.5 Å². The third-order valence-corrected chi connectivity index (χ3v) is 3.69. The average Bonchev–Trinajstić information content (AvgIpc) is 2.95. The first kappa shape index (κ1) is 13.2. The van der Waals surface area contributed by atoms with Crippen molar-refractivity contribution in [3.63, 3.8) is 0 Å². The van der Waals surface area contributed by atoms with Crippen LogP contribution in [-0.4, -0.2) is 16.2 Å². The molecule has 2 aromatic rings. The van der Waals surface area contributed by atoms with Gasteiger partial charge in [-0.3, -0.25) is 0 Å². The Morgan fingerprint density at radius 1 is 1.20 bits per heavy atom. The van der Waals surface area contributed by atoms with E-state index >= 15 is 0 Å². The Bertz CT molecular complexity index is 564. The number of hydrogen-bond donors (Lipinski definition) is 1. The van der Waals surface area contributed by atoms with Crippen molar-refractivity contribution in [3.8, 4) is 11.5 Å². The molecule has 0 aliphatic heterocycles. The molecule has 1 heterocycles. The highest BCUT2D eigenvalue weighted by Crippen LogP contribution is 2.20. The number of nitrogens with zero attached hydrogens (tertiary/aromatic N) is 2. The van der Waals surface area contributed by atoms with E-state index in [1.165, 1.54) is 44.2 Å². The van der Waals surface area contributed by atoms with Gasteiger partial charge in [0.25, 0.3) is 0 Å². The van der Waals surface area contributed by atoms with Gasteiger partial charge in [-0.25, -0.2) is 4.39 Å². The van der Waals surface area contributed by atoms with Gasteiger partial charge in [-0.05, 0) is 31.0 Å². The van der Waals surface area contributed by atoms with Gasteiger partial charge in [-0.2, -0.15) is 0 Å². The zero-order chi connectivity index (χ0) is 13.8. The van der Waals surface area contributed by atoms with Gasteiger partial charge in [0.05, 0.1) is 6.54 Å². The highest BCUT2D eigenvalue weighted by atomic mass is 19.1. The first-order valence-corrected chi connectivity index (χ1v) is 7.13. The van der Waals surface area contributed by atoms with Crippen molar-refractivity contribution in [2.24, 2.45) is 0 Å². The molecule has 1 saturated carbocycles. The summed E-state index contributed by atoms with van der Waals surface area (Å²) < 4.78 is 18.7. The summed E-state index contributed by atoms with van der Waals surface area (Å²) in [6.45, 7) is 0.576. The fourth-order valence-electron chi connectivity index (χ4n) is 2.60. The molecule has 0 saturated heterocycles. The van der Waals surface area contributed by atoms with Gasteiger partial charge in [-0.1, -0.05) is 25.3 Å². The maximum Gasteiger partial charge on any atom is 0.247 e. The predicted octanol–water partition coefficient (Wildman–Crippen LogP) is 3.30. The van der Waals surface area contributed by atoms with Crippen LogP contribution in [0.25, 0.3) is 11.5 Å². The van der Waals surface area contributed by atoms with Crippen molar-refractivity contribution >= 4 is 0 Å². The normalized spacial score (nSPS) is 16.4. The van der Waals surface area contributed by atoms with E-state index in [0.717, 1.165) is 0 Å². The van der Waals surface area contributed by atoms with Gasteiger partial charge in [0.2, 0.25) is 11.8 Å². The zero-order valence-corrected chi connectivity index (χ0v) is 11.3. The summed E-state index contributed by atoms with van der Waals surface area (Å²) in [5.41, 5.74) is 0.612. The summed E-state index contributed by atoms with van der Waals surface area (Å²) in [6.07, 6.45) is 6.34. The molecule has 4 nitrogen and oxygen atoms in total. The van der Waals surface area contributed by atoms with E-state index in [4.69, 9.17) is 4.42 Å². The summed E-state index contributed by atoms with van der Waals surface area (Å²) in [4.78, 5) is 0. The molecule has 0 bridgehead atoms. The SMILES string of the molecule is Fc1cccc(-c2nnc(CNC3CCCCC3)o2)c1. The second-order valence-electron chi connectivity index (χ2n) is 5.23. The van der Waals surface area contributed by atoms with Crippen molar-refractivity contribution < 1.29 is 8.81 Å². The lowest BCUT2D eigenvalue weighted by atomic mass is 9.95. The van der Waals surface area contributed by atoms with Gasteiger partial charge >= 0.3 is 0 Å². The van der Waals surface area contributed by atoms with Crippen molar-refractivity contribution in [3.05, 3.63) is 36.0 Å². The smallest absolute Gasteiger partial charge is 0.247 e. The Balaban J connectivity index is 1.61. The summed E-state index contributed by atoms with van der Waals surface area (Å²) >= 11 is 0. The number of halogens is 1. The first-order valence-electron chi connectivity index (χ1n) is 7.13. The molecule has 1 aromatic heterocycles. The van der Waals surface area contributed by atoms with Crippen molar-refractivity contribution in [1.29, 1.82) is 0 Å². The molecule has 1 fully saturated rings. The van der Waals surface area contributed by atoms with Crippen LogP contribution in [0.5, 0.6) is 0 Å². The van der Waals surface area contributed by atoms with Crippen LogP contribution in [0.4, 0.5) is 4.39 Å². The molecule has 1 aliphatic rings. The van der Waals surface area contributed by atoms with Crippen LogP contribution in [0.1, 0.15) is 38.0 Å². The molecular formula is C15H18FN3O. The summed E-state index contributed by atoms with van der Waals surface area (Å²) in [5.74, 6) is 0.613. The topological polar surface area (TPSA) is 51.0 Å². The molecule has 1 N–H and O–H groups in total. The Kier molecular flexibility index (Phi) is 4.06. The fraction of sp³-hybridized carbons (Fsp3) is 0.467. The largest absolute Gasteiger partial charge is 0.419 e. The van der Waals surface area contributed by atoms with Gasteiger partial charge in [-0.15, -0.1) is 10.2 Å². The molecule has 3 rings (SSSR count). The van der Waals surface area contributed by atoms with E-state index in [9.17, 15) is 4.39 Å². The summed E-state index contributed by atoms with van der Waals surface area (Å²) in [5, 5.41) is 11.4. The maximum atomic E-state index is 13.1. The molecule has 0 radical (unpaired) electrons. The van der Waals surface area contributed by atoms with Gasteiger partial charge in [0.1, 0.15) is 5.82 Å². The van der Waals surface area contributed by atoms with Crippen LogP contribution >= 0.6 is 0 Å². The highest BCUT2D eigenvalue weighted by Gasteiger charge is 2.14. The lowest BCUT2D eigenvalue weighted by molar-refractivity contribution is 0.354. The second kappa shape index (κ2) is 6.13. The molecule has 0 atom stereocenters. The Morgan fingerprint density at radius 2 is 2.05 bits per heavy atom. The number of hydrogen-bond acceptors (Lipinski definition) is 4. The lowest BCUT2D eigenvalue weighted by Crippen LogP contribution is -2.30. The quantitative estimate of drug-likeness (QED) is 0.930. The summed E-state index contributed by atoms with van der Waals surface area (Å²) in [7, 11) is 0. The Hall–Kier alpha value is -1.75. The Morgan fingerprint density at radius 3 is 2.85 bits per heavy atom. The van der Waals surface area contributed by atoms with Crippen LogP contribution in [0.15, 0.2) is 28.7 Å². The highest BCUT2D eigenvalue weighted by molar-refractivity contribution is 5.52. The lowest BCUT2D eigenvalue weighted by Gasteiger charge is -2.21. The van der Waals surface area contributed by atoms with Gasteiger partial charge in [0.15, 0.2) is 0 Å². The Labute approximate surface area is 117 Å². The van der Waals surface area contributed by atoms with E-state index in [2.05, 4.69) is 15.5 Å². The van der Waals surface area contributed by atoms with Gasteiger partial charge in [0, 0.05) is 11.6 Å². The molecule has 0 amide bonds. The predicted molar refractivity (Wildman–Crippen MR) is 73.4 cm³/mol. The first-order chi connectivity index (χ1) is 9.81. The second-order valence-corrected chi connectivity index (χ2v) is 5.23. The minimum atomic E-state index is -0.303. The van der Waals surface area contributed by atoms with E-state index in [1.807, 2.05) is 0 Å². The molecular weight excluding hydrogens is 257 g/mol. The summed E-state index contributed by atoms with van der Waals surface area (Å²) in [6, 6.07) is 6.73. The van der Waals surface area contributed by atoms with Crippen molar-refractivity contribution in [2.45, 2.75) is 44.7 Å².